The smallest absolute Gasteiger partial charge is 0.226 e. The Kier molecular flexibility index (Phi) is 7.33. The highest BCUT2D eigenvalue weighted by Crippen LogP contribution is 2.46. The van der Waals surface area contributed by atoms with Crippen LogP contribution in [0, 0.1) is 17.8 Å². The highest BCUT2D eigenvalue weighted by molar-refractivity contribution is 7.13. The van der Waals surface area contributed by atoms with Gasteiger partial charge in [-0.25, -0.2) is 4.98 Å². The molecule has 1 aromatic carbocycles. The fraction of sp³-hybridized carbons (Fsp3) is 0.545. The number of piperidine rings is 2. The van der Waals surface area contributed by atoms with E-state index in [1.54, 1.807) is 0 Å². The van der Waals surface area contributed by atoms with Crippen molar-refractivity contribution < 1.29 is 4.79 Å². The van der Waals surface area contributed by atoms with E-state index in [0.717, 1.165) is 57.1 Å². The van der Waals surface area contributed by atoms with Gasteiger partial charge in [0.2, 0.25) is 5.91 Å². The Morgan fingerprint density at radius 3 is 2.57 bits per heavy atom. The lowest BCUT2D eigenvalue weighted by Crippen LogP contribution is -2.56. The maximum Gasteiger partial charge on any atom is 0.226 e. The van der Waals surface area contributed by atoms with Crippen molar-refractivity contribution >= 4 is 47.2 Å². The van der Waals surface area contributed by atoms with E-state index >= 15 is 0 Å². The van der Waals surface area contributed by atoms with Gasteiger partial charge in [0.05, 0.1) is 5.69 Å². The molecule has 3 atom stereocenters. The van der Waals surface area contributed by atoms with Crippen molar-refractivity contribution in [3.05, 3.63) is 47.0 Å². The van der Waals surface area contributed by atoms with Crippen molar-refractivity contribution in [2.45, 2.75) is 31.1 Å². The number of aromatic nitrogens is 1. The Balaban J connectivity index is 0.00000128. The van der Waals surface area contributed by atoms with Crippen LogP contribution in [0.5, 0.6) is 0 Å². The summed E-state index contributed by atoms with van der Waals surface area (Å²) < 4.78 is 0. The number of thiazole rings is 1. The van der Waals surface area contributed by atoms with Crippen molar-refractivity contribution in [3.8, 4) is 0 Å². The summed E-state index contributed by atoms with van der Waals surface area (Å²) in [6.07, 6.45) is 4.14. The molecule has 3 N–H and O–H groups in total. The van der Waals surface area contributed by atoms with E-state index in [4.69, 9.17) is 5.73 Å². The van der Waals surface area contributed by atoms with Crippen molar-refractivity contribution in [1.29, 1.82) is 0 Å². The zero-order chi connectivity index (χ0) is 19.1. The first-order chi connectivity index (χ1) is 13.7. The normalized spacial score (nSPS) is 27.1. The molecule has 8 heteroatoms. The lowest BCUT2D eigenvalue weighted by molar-refractivity contribution is -0.147. The predicted octanol–water partition coefficient (Wildman–Crippen LogP) is 3.72. The number of hydrogen-bond acceptors (Lipinski definition) is 5. The van der Waals surface area contributed by atoms with Gasteiger partial charge >= 0.3 is 0 Å². The van der Waals surface area contributed by atoms with E-state index in [-0.39, 0.29) is 36.1 Å². The summed E-state index contributed by atoms with van der Waals surface area (Å²) in [5.41, 5.74) is 8.17. The number of carbonyl (C=O) groups excluding carboxylic acids is 1. The molecule has 0 unspecified atom stereocenters. The third kappa shape index (κ3) is 3.95. The first-order valence-corrected chi connectivity index (χ1v) is 11.3. The van der Waals surface area contributed by atoms with E-state index in [1.165, 1.54) is 23.3 Å². The molecule has 0 spiro atoms. The molecule has 1 aliphatic carbocycles. The molecule has 1 saturated carbocycles. The van der Waals surface area contributed by atoms with Gasteiger partial charge in [-0.1, -0.05) is 30.3 Å². The average Bonchev–Trinajstić information content (AvgIpc) is 3.16. The van der Waals surface area contributed by atoms with Gasteiger partial charge in [-0.2, -0.15) is 0 Å². The highest BCUT2D eigenvalue weighted by atomic mass is 35.5. The van der Waals surface area contributed by atoms with Gasteiger partial charge in [0.1, 0.15) is 0 Å². The molecule has 164 valence electrons. The van der Waals surface area contributed by atoms with Crippen LogP contribution in [0.2, 0.25) is 0 Å². The summed E-state index contributed by atoms with van der Waals surface area (Å²) in [5.74, 6) is 1.93. The monoisotopic (exact) mass is 468 g/mol. The number of nitrogen functional groups attached to an aromatic ring is 1. The summed E-state index contributed by atoms with van der Waals surface area (Å²) in [4.78, 5) is 20.0. The van der Waals surface area contributed by atoms with E-state index in [9.17, 15) is 4.79 Å². The number of nitrogens with zero attached hydrogens (tertiary/aromatic N) is 2. The number of hydrogen-bond donors (Lipinski definition) is 2. The van der Waals surface area contributed by atoms with Crippen LogP contribution in [0.25, 0.3) is 0 Å². The molecule has 2 saturated heterocycles. The fourth-order valence-electron chi connectivity index (χ4n) is 5.59. The molecule has 3 heterocycles. The first kappa shape index (κ1) is 23.3. The predicted molar refractivity (Wildman–Crippen MR) is 127 cm³/mol. The lowest BCUT2D eigenvalue weighted by atomic mass is 9.61. The quantitative estimate of drug-likeness (QED) is 0.719. The van der Waals surface area contributed by atoms with Crippen LogP contribution in [0.15, 0.2) is 35.7 Å². The topological polar surface area (TPSA) is 71.2 Å². The van der Waals surface area contributed by atoms with Gasteiger partial charge in [-0.05, 0) is 56.2 Å². The summed E-state index contributed by atoms with van der Waals surface area (Å²) in [6.45, 7) is 3.72. The Bertz CT molecular complexity index is 854. The summed E-state index contributed by atoms with van der Waals surface area (Å²) in [7, 11) is 0. The fourth-order valence-corrected chi connectivity index (χ4v) is 6.25. The minimum absolute atomic E-state index is 0. The van der Waals surface area contributed by atoms with E-state index < -0.39 is 0 Å². The number of halogens is 2. The molecular formula is C22H30Cl2N4OS. The van der Waals surface area contributed by atoms with Gasteiger partial charge in [-0.3, -0.25) is 4.79 Å². The maximum atomic E-state index is 13.2. The molecule has 30 heavy (non-hydrogen) atoms. The molecule has 0 bridgehead atoms. The third-order valence-corrected chi connectivity index (χ3v) is 8.01. The third-order valence-electron chi connectivity index (χ3n) is 7.34. The molecule has 2 aliphatic heterocycles. The second-order valence-corrected chi connectivity index (χ2v) is 9.49. The standard InChI is InChI=1S/C22H28N4OS.2ClH/c23-21-25-19(14-28-21)22(16-4-2-1-3-5-16)7-10-26(11-8-22)20(27)17-12-15-6-9-24-13-18(15)17;;/h1-5,14-15,17-18,24H,6-13H2,(H2,23,25);2*1H/t15-,17-,18-;;/m1../s1. The number of carbonyl (C=O) groups is 1. The first-order valence-electron chi connectivity index (χ1n) is 10.4. The Labute approximate surface area is 194 Å². The van der Waals surface area contributed by atoms with Gasteiger partial charge in [0.25, 0.3) is 0 Å². The molecule has 1 amide bonds. The van der Waals surface area contributed by atoms with Crippen LogP contribution in [-0.2, 0) is 10.2 Å². The van der Waals surface area contributed by atoms with E-state index in [0.29, 0.717) is 17.0 Å². The van der Waals surface area contributed by atoms with E-state index in [2.05, 4.69) is 50.9 Å². The molecule has 1 aromatic heterocycles. The SMILES string of the molecule is Cl.Cl.Nc1nc(C2(c3ccccc3)CCN(C(=O)[C@@H]3C[C@H]4CCNC[C@H]43)CC2)cs1. The number of benzene rings is 1. The largest absolute Gasteiger partial charge is 0.375 e. The molecule has 3 fully saturated rings. The second kappa shape index (κ2) is 9.43. The van der Waals surface area contributed by atoms with Crippen molar-refractivity contribution in [2.75, 3.05) is 31.9 Å². The summed E-state index contributed by atoms with van der Waals surface area (Å²) in [6, 6.07) is 10.6. The molecular weight excluding hydrogens is 439 g/mol. The molecule has 2 aromatic rings. The minimum atomic E-state index is -0.138. The number of rotatable bonds is 3. The van der Waals surface area contributed by atoms with Crippen LogP contribution < -0.4 is 11.1 Å². The average molecular weight is 469 g/mol. The van der Waals surface area contributed by atoms with Crippen molar-refractivity contribution in [1.82, 2.24) is 15.2 Å². The number of likely N-dealkylation sites (tertiary alicyclic amines) is 1. The number of fused-ring (bicyclic) bond motifs is 1. The molecule has 0 radical (unpaired) electrons. The van der Waals surface area contributed by atoms with Crippen LogP contribution in [0.4, 0.5) is 5.13 Å². The Morgan fingerprint density at radius 1 is 1.20 bits per heavy atom. The summed E-state index contributed by atoms with van der Waals surface area (Å²) in [5, 5.41) is 6.19. The van der Waals surface area contributed by atoms with Crippen LogP contribution >= 0.6 is 36.2 Å². The zero-order valence-corrected chi connectivity index (χ0v) is 19.4. The van der Waals surface area contributed by atoms with Gasteiger partial charge < -0.3 is 16.0 Å². The number of nitrogens with one attached hydrogen (secondary N) is 1. The second-order valence-electron chi connectivity index (χ2n) is 8.60. The minimum Gasteiger partial charge on any atom is -0.375 e. The Morgan fingerprint density at radius 2 is 1.93 bits per heavy atom. The Hall–Kier alpha value is -1.34. The van der Waals surface area contributed by atoms with Gasteiger partial charge in [0, 0.05) is 29.8 Å². The number of anilines is 1. The number of amides is 1. The molecule has 5 nitrogen and oxygen atoms in total. The van der Waals surface area contributed by atoms with Crippen molar-refractivity contribution in [2.24, 2.45) is 17.8 Å². The van der Waals surface area contributed by atoms with Crippen LogP contribution in [0.3, 0.4) is 0 Å². The van der Waals surface area contributed by atoms with Gasteiger partial charge in [-0.15, -0.1) is 36.2 Å². The number of nitrogens with two attached hydrogens (primary N) is 1. The zero-order valence-electron chi connectivity index (χ0n) is 17.0. The summed E-state index contributed by atoms with van der Waals surface area (Å²) >= 11 is 1.51. The maximum absolute atomic E-state index is 13.2. The van der Waals surface area contributed by atoms with Crippen LogP contribution in [0.1, 0.15) is 36.9 Å². The highest BCUT2D eigenvalue weighted by Gasteiger charge is 2.48. The van der Waals surface area contributed by atoms with Crippen LogP contribution in [-0.4, -0.2) is 42.0 Å². The van der Waals surface area contributed by atoms with E-state index in [1.807, 2.05) is 0 Å². The molecule has 3 aliphatic rings. The van der Waals surface area contributed by atoms with Gasteiger partial charge in [0.15, 0.2) is 5.13 Å². The van der Waals surface area contributed by atoms with Crippen molar-refractivity contribution in [3.63, 3.8) is 0 Å². The lowest BCUT2D eigenvalue weighted by Gasteiger charge is -2.50. The molecule has 5 rings (SSSR count).